The highest BCUT2D eigenvalue weighted by atomic mass is 79.9. The zero-order chi connectivity index (χ0) is 19.2. The van der Waals surface area contributed by atoms with Crippen LogP contribution in [0.15, 0.2) is 58.0 Å². The molecular weight excluding hydrogens is 424 g/mol. The van der Waals surface area contributed by atoms with E-state index in [0.717, 1.165) is 32.0 Å². The second-order valence-electron chi connectivity index (χ2n) is 5.54. The third kappa shape index (κ3) is 4.58. The van der Waals surface area contributed by atoms with Crippen LogP contribution in [0.4, 0.5) is 28.8 Å². The van der Waals surface area contributed by atoms with Crippen molar-refractivity contribution in [3.63, 3.8) is 0 Å². The molecule has 0 atom stereocenters. The van der Waals surface area contributed by atoms with Gasteiger partial charge >= 0.3 is 0 Å². The quantitative estimate of drug-likeness (QED) is 0.286. The first-order valence-electron chi connectivity index (χ1n) is 8.16. The Bertz CT molecular complexity index is 963. The Morgan fingerprint density at radius 1 is 1.11 bits per heavy atom. The van der Waals surface area contributed by atoms with Gasteiger partial charge in [-0.1, -0.05) is 12.1 Å². The Hall–Kier alpha value is -2.58. The van der Waals surface area contributed by atoms with Crippen molar-refractivity contribution in [3.05, 3.63) is 58.7 Å². The molecule has 1 heterocycles. The van der Waals surface area contributed by atoms with Gasteiger partial charge in [-0.3, -0.25) is 0 Å². The third-order valence-electron chi connectivity index (χ3n) is 3.84. The summed E-state index contributed by atoms with van der Waals surface area (Å²) in [4.78, 5) is 10.0. The number of hydrogen-bond donors (Lipinski definition) is 4. The van der Waals surface area contributed by atoms with Gasteiger partial charge in [0.1, 0.15) is 5.82 Å². The number of nitrogens with zero attached hydrogens (tertiary/aromatic N) is 2. The summed E-state index contributed by atoms with van der Waals surface area (Å²) in [6.45, 7) is 0. The van der Waals surface area contributed by atoms with Gasteiger partial charge in [0.2, 0.25) is 5.95 Å². The molecule has 8 heteroatoms. The number of nitrogens with one attached hydrogen (secondary N) is 4. The van der Waals surface area contributed by atoms with E-state index in [1.165, 1.54) is 6.21 Å². The molecule has 3 rings (SSSR count). The monoisotopic (exact) mass is 442 g/mol. The van der Waals surface area contributed by atoms with Gasteiger partial charge in [-0.15, -0.1) is 11.8 Å². The first kappa shape index (κ1) is 19.2. The summed E-state index contributed by atoms with van der Waals surface area (Å²) in [6.07, 6.45) is 5.06. The summed E-state index contributed by atoms with van der Waals surface area (Å²) in [6, 6.07) is 13.8. The van der Waals surface area contributed by atoms with E-state index in [2.05, 4.69) is 47.9 Å². The summed E-state index contributed by atoms with van der Waals surface area (Å²) >= 11 is 5.17. The summed E-state index contributed by atoms with van der Waals surface area (Å²) in [5.74, 6) is 1.14. The summed E-state index contributed by atoms with van der Waals surface area (Å²) in [7, 11) is 1.83. The van der Waals surface area contributed by atoms with Gasteiger partial charge in [-0.05, 0) is 52.5 Å². The molecule has 0 bridgehead atoms. The van der Waals surface area contributed by atoms with Crippen LogP contribution < -0.4 is 16.0 Å². The van der Waals surface area contributed by atoms with Gasteiger partial charge < -0.3 is 21.4 Å². The van der Waals surface area contributed by atoms with Gasteiger partial charge in [0, 0.05) is 41.3 Å². The van der Waals surface area contributed by atoms with Crippen LogP contribution in [0, 0.1) is 5.41 Å². The third-order valence-corrected chi connectivity index (χ3v) is 5.21. The van der Waals surface area contributed by atoms with Crippen molar-refractivity contribution in [2.45, 2.75) is 4.90 Å². The molecule has 0 spiro atoms. The largest absolute Gasteiger partial charge is 0.388 e. The van der Waals surface area contributed by atoms with E-state index in [0.29, 0.717) is 11.8 Å². The van der Waals surface area contributed by atoms with E-state index in [1.807, 2.05) is 49.7 Å². The van der Waals surface area contributed by atoms with E-state index in [9.17, 15) is 0 Å². The lowest BCUT2D eigenvalue weighted by molar-refractivity contribution is 1.15. The highest BCUT2D eigenvalue weighted by Gasteiger charge is 2.09. The molecule has 2 aromatic carbocycles. The van der Waals surface area contributed by atoms with Crippen LogP contribution in [0.5, 0.6) is 0 Å². The fourth-order valence-corrected chi connectivity index (χ4v) is 3.35. The van der Waals surface area contributed by atoms with Crippen LogP contribution in [-0.4, -0.2) is 29.5 Å². The van der Waals surface area contributed by atoms with Crippen molar-refractivity contribution in [2.75, 3.05) is 29.3 Å². The lowest BCUT2D eigenvalue weighted by atomic mass is 10.1. The van der Waals surface area contributed by atoms with E-state index in [-0.39, 0.29) is 0 Å². The van der Waals surface area contributed by atoms with Crippen LogP contribution in [0.3, 0.4) is 0 Å². The van der Waals surface area contributed by atoms with Crippen molar-refractivity contribution in [1.82, 2.24) is 9.97 Å². The molecule has 6 nitrogen and oxygen atoms in total. The van der Waals surface area contributed by atoms with Crippen molar-refractivity contribution in [1.29, 1.82) is 5.41 Å². The van der Waals surface area contributed by atoms with Gasteiger partial charge in [-0.2, -0.15) is 4.98 Å². The molecule has 0 fully saturated rings. The average Bonchev–Trinajstić information content (AvgIpc) is 2.70. The number of aromatic nitrogens is 2. The van der Waals surface area contributed by atoms with Crippen molar-refractivity contribution in [2.24, 2.45) is 0 Å². The fourth-order valence-electron chi connectivity index (χ4n) is 2.51. The number of rotatable bonds is 7. The molecule has 0 saturated carbocycles. The fraction of sp³-hybridized carbons (Fsp3) is 0.105. The first-order chi connectivity index (χ1) is 13.1. The van der Waals surface area contributed by atoms with Crippen LogP contribution in [0.2, 0.25) is 0 Å². The maximum Gasteiger partial charge on any atom is 0.229 e. The van der Waals surface area contributed by atoms with Crippen molar-refractivity contribution in [3.8, 4) is 0 Å². The predicted octanol–water partition coefficient (Wildman–Crippen LogP) is 5.49. The van der Waals surface area contributed by atoms with Crippen LogP contribution >= 0.6 is 27.7 Å². The lowest BCUT2D eigenvalue weighted by Gasteiger charge is -2.13. The topological polar surface area (TPSA) is 85.7 Å². The van der Waals surface area contributed by atoms with E-state index in [4.69, 9.17) is 5.41 Å². The minimum absolute atomic E-state index is 0.468. The Kier molecular flexibility index (Phi) is 6.31. The molecule has 4 N–H and O–H groups in total. The molecule has 0 aliphatic heterocycles. The molecule has 27 heavy (non-hydrogen) atoms. The van der Waals surface area contributed by atoms with Gasteiger partial charge in [0.25, 0.3) is 0 Å². The summed E-state index contributed by atoms with van der Waals surface area (Å²) in [5, 5.41) is 17.2. The first-order valence-corrected chi connectivity index (χ1v) is 10.2. The Morgan fingerprint density at radius 3 is 2.67 bits per heavy atom. The number of para-hydroxylation sites is 1. The van der Waals surface area contributed by atoms with E-state index in [1.54, 1.807) is 18.0 Å². The predicted molar refractivity (Wildman–Crippen MR) is 118 cm³/mol. The maximum absolute atomic E-state index is 7.55. The van der Waals surface area contributed by atoms with E-state index >= 15 is 0 Å². The Labute approximate surface area is 170 Å². The minimum Gasteiger partial charge on any atom is -0.388 e. The number of benzene rings is 2. The zero-order valence-corrected chi connectivity index (χ0v) is 17.3. The normalized spacial score (nSPS) is 10.3. The SMILES string of the molecule is CNc1ccc(Nc2ncc(Br)c(Nc3ccccc3SC)n2)cc1C=N. The number of anilines is 5. The standard InChI is InChI=1S/C19H19BrN6S/c1-22-15-8-7-13(9-12(15)10-21)24-19-23-11-14(20)18(26-19)25-16-5-3-4-6-17(16)27-2/h3-11,21-22H,1-2H3,(H2,23,24,25,26). The van der Waals surface area contributed by atoms with Gasteiger partial charge in [-0.25, -0.2) is 4.98 Å². The number of hydrogen-bond acceptors (Lipinski definition) is 7. The molecule has 1 aromatic heterocycles. The Balaban J connectivity index is 1.86. The van der Waals surface area contributed by atoms with Gasteiger partial charge in [0.15, 0.2) is 0 Å². The maximum atomic E-state index is 7.55. The smallest absolute Gasteiger partial charge is 0.229 e. The van der Waals surface area contributed by atoms with E-state index < -0.39 is 0 Å². The zero-order valence-electron chi connectivity index (χ0n) is 14.9. The molecule has 0 unspecified atom stereocenters. The second kappa shape index (κ2) is 8.88. The van der Waals surface area contributed by atoms with Gasteiger partial charge in [0.05, 0.1) is 10.2 Å². The number of thioether (sulfide) groups is 1. The molecule has 0 aliphatic rings. The molecule has 138 valence electrons. The van der Waals surface area contributed by atoms with Crippen LogP contribution in [0.25, 0.3) is 0 Å². The van der Waals surface area contributed by atoms with Crippen molar-refractivity contribution >= 4 is 62.7 Å². The van der Waals surface area contributed by atoms with Crippen molar-refractivity contribution < 1.29 is 0 Å². The van der Waals surface area contributed by atoms with Crippen LogP contribution in [-0.2, 0) is 0 Å². The summed E-state index contributed by atoms with van der Waals surface area (Å²) in [5.41, 5.74) is 3.47. The summed E-state index contributed by atoms with van der Waals surface area (Å²) < 4.78 is 0.773. The highest BCUT2D eigenvalue weighted by molar-refractivity contribution is 9.10. The molecule has 0 amide bonds. The average molecular weight is 443 g/mol. The second-order valence-corrected chi connectivity index (χ2v) is 7.24. The lowest BCUT2D eigenvalue weighted by Crippen LogP contribution is -2.03. The molecular formula is C19H19BrN6S. The minimum atomic E-state index is 0.468. The van der Waals surface area contributed by atoms with Crippen LogP contribution in [0.1, 0.15) is 5.56 Å². The molecule has 0 radical (unpaired) electrons. The number of halogens is 1. The molecule has 0 aliphatic carbocycles. The molecule has 0 saturated heterocycles. The molecule has 3 aromatic rings. The highest BCUT2D eigenvalue weighted by Crippen LogP contribution is 2.31. The Morgan fingerprint density at radius 2 is 1.93 bits per heavy atom.